The summed E-state index contributed by atoms with van der Waals surface area (Å²) in [6, 6.07) is 19.5. The molecule has 0 bridgehead atoms. The van der Waals surface area contributed by atoms with Crippen molar-refractivity contribution < 1.29 is 9.90 Å². The molecule has 0 aliphatic heterocycles. The molecule has 0 saturated heterocycles. The normalized spacial score (nSPS) is 10.5. The number of nitrogens with zero attached hydrogens (tertiary/aromatic N) is 2. The molecule has 0 aliphatic carbocycles. The fraction of sp³-hybridized carbons (Fsp3) is 0.158. The number of carbonyl (C=O) groups is 1. The van der Waals surface area contributed by atoms with Crippen LogP contribution in [0.3, 0.4) is 0 Å². The fourth-order valence-corrected chi connectivity index (χ4v) is 3.30. The molecule has 0 saturated carbocycles. The lowest BCUT2D eigenvalue weighted by Crippen LogP contribution is -2.32. The van der Waals surface area contributed by atoms with Crippen LogP contribution in [0, 0.1) is 0 Å². The lowest BCUT2D eigenvalue weighted by Gasteiger charge is -2.21. The summed E-state index contributed by atoms with van der Waals surface area (Å²) in [6.45, 7) is 0.685. The molecule has 1 amide bonds. The van der Waals surface area contributed by atoms with Gasteiger partial charge in [-0.05, 0) is 5.56 Å². The lowest BCUT2D eigenvalue weighted by molar-refractivity contribution is 0.0713. The third-order valence-corrected chi connectivity index (χ3v) is 4.50. The zero-order chi connectivity index (χ0) is 16.8. The fourth-order valence-electron chi connectivity index (χ4n) is 2.52. The molecule has 3 rings (SSSR count). The molecule has 0 fully saturated rings. The second kappa shape index (κ2) is 7.86. The van der Waals surface area contributed by atoms with E-state index >= 15 is 0 Å². The largest absolute Gasteiger partial charge is 0.395 e. The number of amides is 1. The first-order valence-corrected chi connectivity index (χ1v) is 8.60. The minimum Gasteiger partial charge on any atom is -0.395 e. The van der Waals surface area contributed by atoms with Gasteiger partial charge in [-0.2, -0.15) is 0 Å². The highest BCUT2D eigenvalue weighted by Gasteiger charge is 2.22. The van der Waals surface area contributed by atoms with Gasteiger partial charge in [-0.1, -0.05) is 60.7 Å². The highest BCUT2D eigenvalue weighted by Crippen LogP contribution is 2.27. The number of carbonyl (C=O) groups excluding carboxylic acids is 1. The Balaban J connectivity index is 1.87. The van der Waals surface area contributed by atoms with Gasteiger partial charge in [0.1, 0.15) is 4.88 Å². The first-order chi connectivity index (χ1) is 11.8. The number of hydrogen-bond donors (Lipinski definition) is 1. The zero-order valence-corrected chi connectivity index (χ0v) is 13.9. The van der Waals surface area contributed by atoms with E-state index in [1.807, 2.05) is 60.7 Å². The molecular weight excluding hydrogens is 320 g/mol. The van der Waals surface area contributed by atoms with Gasteiger partial charge in [-0.25, -0.2) is 4.98 Å². The van der Waals surface area contributed by atoms with Crippen LogP contribution in [0.5, 0.6) is 0 Å². The standard InChI is InChI=1S/C19H18N2O2S/c22-12-11-21(13-15-7-3-1-4-8-15)19(23)18-17(20-14-24-18)16-9-5-2-6-10-16/h1-10,14,22H,11-13H2. The van der Waals surface area contributed by atoms with Crippen LogP contribution in [-0.4, -0.2) is 34.0 Å². The van der Waals surface area contributed by atoms with E-state index in [0.717, 1.165) is 11.1 Å². The summed E-state index contributed by atoms with van der Waals surface area (Å²) < 4.78 is 0. The number of benzene rings is 2. The number of thiazole rings is 1. The Labute approximate surface area is 145 Å². The molecule has 1 aromatic heterocycles. The maximum absolute atomic E-state index is 13.0. The monoisotopic (exact) mass is 338 g/mol. The van der Waals surface area contributed by atoms with Crippen molar-refractivity contribution in [3.05, 3.63) is 76.6 Å². The molecule has 0 unspecified atom stereocenters. The van der Waals surface area contributed by atoms with Gasteiger partial charge in [0, 0.05) is 18.7 Å². The maximum Gasteiger partial charge on any atom is 0.266 e. The molecule has 2 aromatic carbocycles. The summed E-state index contributed by atoms with van der Waals surface area (Å²) in [5, 5.41) is 9.34. The Morgan fingerprint density at radius 3 is 2.38 bits per heavy atom. The van der Waals surface area contributed by atoms with Gasteiger partial charge in [-0.15, -0.1) is 11.3 Å². The van der Waals surface area contributed by atoms with Crippen molar-refractivity contribution >= 4 is 17.2 Å². The van der Waals surface area contributed by atoms with E-state index in [2.05, 4.69) is 4.98 Å². The Morgan fingerprint density at radius 2 is 1.71 bits per heavy atom. The Kier molecular flexibility index (Phi) is 5.36. The second-order valence-electron chi connectivity index (χ2n) is 5.33. The number of hydrogen-bond acceptors (Lipinski definition) is 4. The van der Waals surface area contributed by atoms with Gasteiger partial charge in [0.2, 0.25) is 0 Å². The van der Waals surface area contributed by atoms with E-state index in [-0.39, 0.29) is 12.5 Å². The summed E-state index contributed by atoms with van der Waals surface area (Å²) in [6.07, 6.45) is 0. The lowest BCUT2D eigenvalue weighted by atomic mass is 10.1. The Morgan fingerprint density at radius 1 is 1.04 bits per heavy atom. The molecule has 24 heavy (non-hydrogen) atoms. The molecule has 0 radical (unpaired) electrons. The molecule has 3 aromatic rings. The van der Waals surface area contributed by atoms with E-state index in [4.69, 9.17) is 0 Å². The van der Waals surface area contributed by atoms with Crippen molar-refractivity contribution in [3.63, 3.8) is 0 Å². The number of aliphatic hydroxyl groups is 1. The zero-order valence-electron chi connectivity index (χ0n) is 13.1. The highest BCUT2D eigenvalue weighted by molar-refractivity contribution is 7.12. The van der Waals surface area contributed by atoms with Crippen LogP contribution >= 0.6 is 11.3 Å². The van der Waals surface area contributed by atoms with Gasteiger partial charge in [-0.3, -0.25) is 4.79 Å². The molecule has 122 valence electrons. The maximum atomic E-state index is 13.0. The predicted molar refractivity (Wildman–Crippen MR) is 95.8 cm³/mol. The first kappa shape index (κ1) is 16.4. The van der Waals surface area contributed by atoms with Crippen LogP contribution < -0.4 is 0 Å². The molecule has 0 spiro atoms. The number of rotatable bonds is 6. The summed E-state index contributed by atoms with van der Waals surface area (Å²) in [7, 11) is 0. The van der Waals surface area contributed by atoms with E-state index in [1.54, 1.807) is 10.4 Å². The highest BCUT2D eigenvalue weighted by atomic mass is 32.1. The molecule has 5 heteroatoms. The third-order valence-electron chi connectivity index (χ3n) is 3.68. The smallest absolute Gasteiger partial charge is 0.266 e. The summed E-state index contributed by atoms with van der Waals surface area (Å²) >= 11 is 1.33. The van der Waals surface area contributed by atoms with E-state index in [0.29, 0.717) is 23.7 Å². The quantitative estimate of drug-likeness (QED) is 0.749. The van der Waals surface area contributed by atoms with Crippen molar-refractivity contribution in [1.29, 1.82) is 0 Å². The van der Waals surface area contributed by atoms with Crippen molar-refractivity contribution in [2.24, 2.45) is 0 Å². The average molecular weight is 338 g/mol. The molecule has 4 nitrogen and oxygen atoms in total. The molecule has 0 atom stereocenters. The van der Waals surface area contributed by atoms with Gasteiger partial charge in [0.15, 0.2) is 0 Å². The summed E-state index contributed by atoms with van der Waals surface area (Å²) in [5.41, 5.74) is 4.34. The van der Waals surface area contributed by atoms with Crippen molar-refractivity contribution in [2.45, 2.75) is 6.54 Å². The second-order valence-corrected chi connectivity index (χ2v) is 6.19. The van der Waals surface area contributed by atoms with Crippen LogP contribution in [0.25, 0.3) is 11.3 Å². The topological polar surface area (TPSA) is 53.4 Å². The van der Waals surface area contributed by atoms with E-state index in [9.17, 15) is 9.90 Å². The molecular formula is C19H18N2O2S. The van der Waals surface area contributed by atoms with Crippen molar-refractivity contribution in [1.82, 2.24) is 9.88 Å². The molecule has 1 heterocycles. The van der Waals surface area contributed by atoms with Crippen LogP contribution in [0.15, 0.2) is 66.2 Å². The Bertz CT molecular complexity index is 787. The number of aromatic nitrogens is 1. The third kappa shape index (κ3) is 3.69. The first-order valence-electron chi connectivity index (χ1n) is 7.72. The van der Waals surface area contributed by atoms with Crippen molar-refractivity contribution in [3.8, 4) is 11.3 Å². The SMILES string of the molecule is O=C(c1scnc1-c1ccccc1)N(CCO)Cc1ccccc1. The van der Waals surface area contributed by atoms with Gasteiger partial charge >= 0.3 is 0 Å². The van der Waals surface area contributed by atoms with Crippen LogP contribution in [0.2, 0.25) is 0 Å². The van der Waals surface area contributed by atoms with E-state index in [1.165, 1.54) is 11.3 Å². The summed E-state index contributed by atoms with van der Waals surface area (Å²) in [4.78, 5) is 19.6. The Hall–Kier alpha value is -2.50. The van der Waals surface area contributed by atoms with Crippen LogP contribution in [0.4, 0.5) is 0 Å². The predicted octanol–water partition coefficient (Wildman–Crippen LogP) is 3.44. The average Bonchev–Trinajstić information content (AvgIpc) is 3.12. The minimum atomic E-state index is -0.103. The van der Waals surface area contributed by atoms with Crippen molar-refractivity contribution in [2.75, 3.05) is 13.2 Å². The van der Waals surface area contributed by atoms with Crippen LogP contribution in [0.1, 0.15) is 15.2 Å². The van der Waals surface area contributed by atoms with E-state index < -0.39 is 0 Å². The molecule has 1 N–H and O–H groups in total. The van der Waals surface area contributed by atoms with Gasteiger partial charge in [0.25, 0.3) is 5.91 Å². The van der Waals surface area contributed by atoms with Gasteiger partial charge in [0.05, 0.1) is 17.8 Å². The van der Waals surface area contributed by atoms with Gasteiger partial charge < -0.3 is 10.0 Å². The number of aliphatic hydroxyl groups excluding tert-OH is 1. The molecule has 0 aliphatic rings. The van der Waals surface area contributed by atoms with Crippen LogP contribution in [-0.2, 0) is 6.54 Å². The summed E-state index contributed by atoms with van der Waals surface area (Å²) in [5.74, 6) is -0.103. The minimum absolute atomic E-state index is 0.0714.